The minimum Gasteiger partial charge on any atom is -0.311 e. The molecule has 1 N–H and O–H groups in total. The van der Waals surface area contributed by atoms with Gasteiger partial charge in [0.2, 0.25) is 0 Å². The first-order chi connectivity index (χ1) is 9.81. The van der Waals surface area contributed by atoms with Crippen LogP contribution in [-0.2, 0) is 6.54 Å². The van der Waals surface area contributed by atoms with Gasteiger partial charge in [-0.15, -0.1) is 0 Å². The molecule has 0 aliphatic heterocycles. The lowest BCUT2D eigenvalue weighted by Gasteiger charge is -2.21. The van der Waals surface area contributed by atoms with Gasteiger partial charge in [-0.1, -0.05) is 43.7 Å². The van der Waals surface area contributed by atoms with Crippen LogP contribution in [0.1, 0.15) is 44.2 Å². The van der Waals surface area contributed by atoms with E-state index in [4.69, 9.17) is 11.6 Å². The molecule has 1 fully saturated rings. The highest BCUT2D eigenvalue weighted by molar-refractivity contribution is 6.30. The zero-order valence-electron chi connectivity index (χ0n) is 11.8. The third-order valence-electron chi connectivity index (χ3n) is 4.23. The van der Waals surface area contributed by atoms with Crippen molar-refractivity contribution in [3.05, 3.63) is 35.2 Å². The van der Waals surface area contributed by atoms with Crippen LogP contribution in [0.3, 0.4) is 0 Å². The summed E-state index contributed by atoms with van der Waals surface area (Å²) < 4.78 is 1.99. The summed E-state index contributed by atoms with van der Waals surface area (Å²) >= 11 is 5.98. The second-order valence-electron chi connectivity index (χ2n) is 5.81. The highest BCUT2D eigenvalue weighted by Gasteiger charge is 2.12. The van der Waals surface area contributed by atoms with E-state index in [1.807, 2.05) is 22.7 Å². The Morgan fingerprint density at radius 3 is 2.90 bits per heavy atom. The van der Waals surface area contributed by atoms with Gasteiger partial charge in [0.1, 0.15) is 5.65 Å². The van der Waals surface area contributed by atoms with E-state index in [-0.39, 0.29) is 0 Å². The molecular formula is C16H22ClN3. The maximum absolute atomic E-state index is 5.98. The van der Waals surface area contributed by atoms with E-state index in [1.165, 1.54) is 38.5 Å². The summed E-state index contributed by atoms with van der Waals surface area (Å²) in [5.74, 6) is 0.941. The van der Waals surface area contributed by atoms with Crippen LogP contribution < -0.4 is 5.32 Å². The Bertz CT molecular complexity index is 558. The second kappa shape index (κ2) is 6.59. The van der Waals surface area contributed by atoms with Crippen LogP contribution in [0.4, 0.5) is 0 Å². The molecule has 1 aliphatic rings. The molecule has 4 heteroatoms. The van der Waals surface area contributed by atoms with Crippen LogP contribution in [-0.4, -0.2) is 15.9 Å². The topological polar surface area (TPSA) is 29.3 Å². The third-order valence-corrected chi connectivity index (χ3v) is 4.45. The second-order valence-corrected chi connectivity index (χ2v) is 6.25. The number of rotatable bonds is 5. The monoisotopic (exact) mass is 291 g/mol. The fourth-order valence-electron chi connectivity index (χ4n) is 3.10. The van der Waals surface area contributed by atoms with Gasteiger partial charge in [-0.3, -0.25) is 0 Å². The van der Waals surface area contributed by atoms with Crippen molar-refractivity contribution in [2.45, 2.75) is 45.1 Å². The van der Waals surface area contributed by atoms with Gasteiger partial charge in [-0.05, 0) is 31.0 Å². The summed E-state index contributed by atoms with van der Waals surface area (Å²) in [5, 5.41) is 4.26. The number of imidazole rings is 1. The van der Waals surface area contributed by atoms with Gasteiger partial charge in [0, 0.05) is 18.9 Å². The lowest BCUT2D eigenvalue weighted by atomic mass is 9.87. The maximum atomic E-state index is 5.98. The first-order valence-electron chi connectivity index (χ1n) is 7.65. The van der Waals surface area contributed by atoms with Gasteiger partial charge in [-0.25, -0.2) is 4.98 Å². The number of halogens is 1. The highest BCUT2D eigenvalue weighted by Crippen LogP contribution is 2.25. The molecule has 3 rings (SSSR count). The first-order valence-corrected chi connectivity index (χ1v) is 8.03. The predicted octanol–water partition coefficient (Wildman–Crippen LogP) is 4.05. The van der Waals surface area contributed by atoms with Crippen molar-refractivity contribution in [2.24, 2.45) is 5.92 Å². The molecule has 0 unspecified atom stereocenters. The largest absolute Gasteiger partial charge is 0.311 e. The molecule has 2 heterocycles. The van der Waals surface area contributed by atoms with E-state index in [0.29, 0.717) is 0 Å². The number of nitrogens with one attached hydrogen (secondary N) is 1. The normalized spacial score (nSPS) is 16.9. The van der Waals surface area contributed by atoms with Crippen molar-refractivity contribution in [1.29, 1.82) is 0 Å². The lowest BCUT2D eigenvalue weighted by molar-refractivity contribution is 0.333. The molecule has 0 spiro atoms. The summed E-state index contributed by atoms with van der Waals surface area (Å²) in [6, 6.07) is 3.83. The van der Waals surface area contributed by atoms with Crippen LogP contribution in [0, 0.1) is 5.92 Å². The minimum atomic E-state index is 0.742. The van der Waals surface area contributed by atoms with Gasteiger partial charge in [0.05, 0.1) is 10.7 Å². The SMILES string of the molecule is Clc1ccc2nc(CNCCC3CCCCC3)cn2c1. The fraction of sp³-hybridized carbons (Fsp3) is 0.562. The summed E-state index contributed by atoms with van der Waals surface area (Å²) in [6.07, 6.45) is 12.4. The van der Waals surface area contributed by atoms with E-state index in [1.54, 1.807) is 0 Å². The molecular weight excluding hydrogens is 270 g/mol. The maximum Gasteiger partial charge on any atom is 0.137 e. The van der Waals surface area contributed by atoms with Crippen molar-refractivity contribution in [3.63, 3.8) is 0 Å². The van der Waals surface area contributed by atoms with Crippen LogP contribution in [0.25, 0.3) is 5.65 Å². The van der Waals surface area contributed by atoms with E-state index < -0.39 is 0 Å². The summed E-state index contributed by atoms with van der Waals surface area (Å²) in [6.45, 7) is 1.94. The molecule has 1 saturated carbocycles. The van der Waals surface area contributed by atoms with E-state index in [2.05, 4.69) is 16.5 Å². The van der Waals surface area contributed by atoms with Gasteiger partial charge >= 0.3 is 0 Å². The molecule has 2 aromatic heterocycles. The number of hydrogen-bond acceptors (Lipinski definition) is 2. The average Bonchev–Trinajstić information content (AvgIpc) is 2.86. The van der Waals surface area contributed by atoms with Crippen LogP contribution in [0.15, 0.2) is 24.5 Å². The van der Waals surface area contributed by atoms with Crippen molar-refractivity contribution in [3.8, 4) is 0 Å². The van der Waals surface area contributed by atoms with E-state index >= 15 is 0 Å². The highest BCUT2D eigenvalue weighted by atomic mass is 35.5. The van der Waals surface area contributed by atoms with Crippen LogP contribution in [0.5, 0.6) is 0 Å². The number of hydrogen-bond donors (Lipinski definition) is 1. The molecule has 0 amide bonds. The molecule has 3 nitrogen and oxygen atoms in total. The zero-order valence-corrected chi connectivity index (χ0v) is 12.6. The van der Waals surface area contributed by atoms with Gasteiger partial charge in [0.15, 0.2) is 0 Å². The quantitative estimate of drug-likeness (QED) is 0.842. The number of pyridine rings is 1. The molecule has 0 bridgehead atoms. The molecule has 20 heavy (non-hydrogen) atoms. The average molecular weight is 292 g/mol. The summed E-state index contributed by atoms with van der Waals surface area (Å²) in [5.41, 5.74) is 2.04. The smallest absolute Gasteiger partial charge is 0.137 e. The molecule has 0 aromatic carbocycles. The molecule has 0 saturated heterocycles. The van der Waals surface area contributed by atoms with Crippen LogP contribution >= 0.6 is 11.6 Å². The van der Waals surface area contributed by atoms with Gasteiger partial charge in [0.25, 0.3) is 0 Å². The Kier molecular flexibility index (Phi) is 4.58. The third kappa shape index (κ3) is 3.53. The number of fused-ring (bicyclic) bond motifs is 1. The Morgan fingerprint density at radius 1 is 1.20 bits per heavy atom. The standard InChI is InChI=1S/C16H22ClN3/c17-14-6-7-16-19-15(12-20(16)11-14)10-18-9-8-13-4-2-1-3-5-13/h6-7,11-13,18H,1-5,8-10H2. The minimum absolute atomic E-state index is 0.742. The predicted molar refractivity (Wildman–Crippen MR) is 83.1 cm³/mol. The van der Waals surface area contributed by atoms with Crippen molar-refractivity contribution >= 4 is 17.2 Å². The molecule has 2 aromatic rings. The van der Waals surface area contributed by atoms with Crippen molar-refractivity contribution in [1.82, 2.24) is 14.7 Å². The summed E-state index contributed by atoms with van der Waals surface area (Å²) in [4.78, 5) is 4.58. The molecule has 108 valence electrons. The molecule has 0 atom stereocenters. The number of aromatic nitrogens is 2. The Morgan fingerprint density at radius 2 is 2.05 bits per heavy atom. The van der Waals surface area contributed by atoms with Gasteiger partial charge in [-0.2, -0.15) is 0 Å². The van der Waals surface area contributed by atoms with E-state index in [0.717, 1.165) is 35.4 Å². The number of nitrogens with zero attached hydrogens (tertiary/aromatic N) is 2. The Hall–Kier alpha value is -1.06. The Balaban J connectivity index is 1.47. The lowest BCUT2D eigenvalue weighted by Crippen LogP contribution is -2.19. The summed E-state index contributed by atoms with van der Waals surface area (Å²) in [7, 11) is 0. The first kappa shape index (κ1) is 13.9. The van der Waals surface area contributed by atoms with Crippen LogP contribution in [0.2, 0.25) is 5.02 Å². The molecule has 0 radical (unpaired) electrons. The van der Waals surface area contributed by atoms with Crippen molar-refractivity contribution in [2.75, 3.05) is 6.54 Å². The molecule has 1 aliphatic carbocycles. The van der Waals surface area contributed by atoms with E-state index in [9.17, 15) is 0 Å². The van der Waals surface area contributed by atoms with Gasteiger partial charge < -0.3 is 9.72 Å². The zero-order chi connectivity index (χ0) is 13.8. The van der Waals surface area contributed by atoms with Crippen molar-refractivity contribution < 1.29 is 0 Å². The Labute approximate surface area is 125 Å². The fourth-order valence-corrected chi connectivity index (χ4v) is 3.27.